The van der Waals surface area contributed by atoms with E-state index in [2.05, 4.69) is 5.32 Å². The number of hydrogen-bond donors (Lipinski definition) is 2. The van der Waals surface area contributed by atoms with Crippen molar-refractivity contribution in [3.05, 3.63) is 29.8 Å². The minimum Gasteiger partial charge on any atom is -0.497 e. The monoisotopic (exact) mass is 414 g/mol. The number of alkyl carbamates (subject to hydrolysis) is 1. The van der Waals surface area contributed by atoms with Crippen LogP contribution in [0.2, 0.25) is 0 Å². The molecule has 0 saturated carbocycles. The first-order valence-corrected chi connectivity index (χ1v) is 10.8. The second-order valence-corrected chi connectivity index (χ2v) is 10.1. The third kappa shape index (κ3) is 6.08. The fourth-order valence-corrected chi connectivity index (χ4v) is 5.08. The summed E-state index contributed by atoms with van der Waals surface area (Å²) >= 11 is 0. The Kier molecular flexibility index (Phi) is 7.30. The highest BCUT2D eigenvalue weighted by Gasteiger charge is 2.40. The zero-order valence-electron chi connectivity index (χ0n) is 16.8. The molecule has 1 fully saturated rings. The molecular formula is C19H30N2O6S. The Hall–Kier alpha value is -1.84. The van der Waals surface area contributed by atoms with E-state index >= 15 is 0 Å². The Labute approximate surface area is 166 Å². The maximum absolute atomic E-state index is 12.9. The van der Waals surface area contributed by atoms with Gasteiger partial charge >= 0.3 is 6.09 Å². The molecule has 2 rings (SSSR count). The van der Waals surface area contributed by atoms with E-state index in [0.29, 0.717) is 18.7 Å². The number of ether oxygens (including phenoxy) is 2. The second-order valence-electron chi connectivity index (χ2n) is 7.90. The number of aliphatic hydroxyl groups is 1. The van der Waals surface area contributed by atoms with Crippen molar-refractivity contribution >= 4 is 16.1 Å². The molecule has 1 unspecified atom stereocenters. The molecule has 158 valence electrons. The van der Waals surface area contributed by atoms with E-state index in [1.165, 1.54) is 4.31 Å². The Morgan fingerprint density at radius 2 is 1.96 bits per heavy atom. The summed E-state index contributed by atoms with van der Waals surface area (Å²) in [4.78, 5) is 11.9. The lowest BCUT2D eigenvalue weighted by molar-refractivity contribution is 0.0479. The molecule has 0 aromatic heterocycles. The molecule has 28 heavy (non-hydrogen) atoms. The zero-order chi connectivity index (χ0) is 20.9. The van der Waals surface area contributed by atoms with E-state index in [4.69, 9.17) is 9.47 Å². The highest BCUT2D eigenvalue weighted by Crippen LogP contribution is 2.27. The normalized spacial score (nSPS) is 20.5. The van der Waals surface area contributed by atoms with Crippen molar-refractivity contribution in [3.63, 3.8) is 0 Å². The van der Waals surface area contributed by atoms with E-state index in [1.807, 2.05) is 12.1 Å². The zero-order valence-corrected chi connectivity index (χ0v) is 17.7. The highest BCUT2D eigenvalue weighted by atomic mass is 32.2. The highest BCUT2D eigenvalue weighted by molar-refractivity contribution is 7.90. The van der Waals surface area contributed by atoms with Crippen LogP contribution in [0.1, 0.15) is 39.2 Å². The van der Waals surface area contributed by atoms with Crippen molar-refractivity contribution in [3.8, 4) is 5.75 Å². The molecule has 0 radical (unpaired) electrons. The fourth-order valence-electron chi connectivity index (χ4n) is 3.09. The Balaban J connectivity index is 1.97. The van der Waals surface area contributed by atoms with Crippen molar-refractivity contribution in [1.29, 1.82) is 0 Å². The van der Waals surface area contributed by atoms with Crippen LogP contribution in [-0.2, 0) is 21.3 Å². The van der Waals surface area contributed by atoms with Crippen LogP contribution in [0.3, 0.4) is 0 Å². The third-order valence-corrected chi connectivity index (χ3v) is 6.79. The van der Waals surface area contributed by atoms with Gasteiger partial charge in [0.1, 0.15) is 11.4 Å². The predicted molar refractivity (Wildman–Crippen MR) is 106 cm³/mol. The Bertz CT molecular complexity index is 758. The predicted octanol–water partition coefficient (Wildman–Crippen LogP) is 1.87. The van der Waals surface area contributed by atoms with E-state index in [9.17, 15) is 18.3 Å². The molecule has 1 aromatic carbocycles. The molecule has 9 heteroatoms. The molecular weight excluding hydrogens is 384 g/mol. The van der Waals surface area contributed by atoms with Gasteiger partial charge in [-0.15, -0.1) is 0 Å². The number of aliphatic hydroxyl groups excluding tert-OH is 1. The van der Waals surface area contributed by atoms with Crippen LogP contribution in [-0.4, -0.2) is 61.1 Å². The summed E-state index contributed by atoms with van der Waals surface area (Å²) in [6, 6.07) is 6.57. The molecule has 1 saturated heterocycles. The average Bonchev–Trinajstić information content (AvgIpc) is 2.87. The smallest absolute Gasteiger partial charge is 0.407 e. The van der Waals surface area contributed by atoms with Gasteiger partial charge < -0.3 is 19.9 Å². The van der Waals surface area contributed by atoms with Gasteiger partial charge in [0.2, 0.25) is 10.0 Å². The van der Waals surface area contributed by atoms with Gasteiger partial charge in [-0.05, 0) is 51.3 Å². The van der Waals surface area contributed by atoms with Gasteiger partial charge in [-0.1, -0.05) is 12.1 Å². The summed E-state index contributed by atoms with van der Waals surface area (Å²) in [6.45, 7) is 5.54. The molecule has 1 aliphatic heterocycles. The van der Waals surface area contributed by atoms with Crippen LogP contribution in [0.4, 0.5) is 4.79 Å². The van der Waals surface area contributed by atoms with E-state index in [1.54, 1.807) is 40.0 Å². The van der Waals surface area contributed by atoms with Gasteiger partial charge in [0, 0.05) is 13.1 Å². The largest absolute Gasteiger partial charge is 0.497 e. The summed E-state index contributed by atoms with van der Waals surface area (Å²) in [5.74, 6) is 0.713. The van der Waals surface area contributed by atoms with Crippen molar-refractivity contribution in [2.24, 2.45) is 0 Å². The van der Waals surface area contributed by atoms with Crippen LogP contribution >= 0.6 is 0 Å². The van der Waals surface area contributed by atoms with Crippen LogP contribution in [0, 0.1) is 0 Å². The number of benzene rings is 1. The molecule has 1 aromatic rings. The molecule has 1 amide bonds. The first-order chi connectivity index (χ1) is 13.0. The van der Waals surface area contributed by atoms with Crippen molar-refractivity contribution in [2.45, 2.75) is 57.1 Å². The summed E-state index contributed by atoms with van der Waals surface area (Å²) in [5.41, 5.74) is 0.203. The van der Waals surface area contributed by atoms with Crippen LogP contribution in [0.15, 0.2) is 24.3 Å². The number of nitrogens with zero attached hydrogens (tertiary/aromatic N) is 1. The fraction of sp³-hybridized carbons (Fsp3) is 0.632. The van der Waals surface area contributed by atoms with Gasteiger partial charge in [0.05, 0.1) is 25.0 Å². The topological polar surface area (TPSA) is 105 Å². The number of methoxy groups -OCH3 is 1. The Morgan fingerprint density at radius 1 is 1.32 bits per heavy atom. The molecule has 1 aliphatic rings. The number of rotatable bonds is 7. The van der Waals surface area contributed by atoms with Crippen molar-refractivity contribution in [2.75, 3.05) is 20.3 Å². The summed E-state index contributed by atoms with van der Waals surface area (Å²) in [6.07, 6.45) is -0.0839. The van der Waals surface area contributed by atoms with Crippen LogP contribution in [0.25, 0.3) is 0 Å². The standard InChI is InChI=1S/C19H30N2O6S/c1-19(2,3)27-18(23)20-15(13-22)11-17-9-10-21(28(17,24)25)12-14-5-7-16(26-4)8-6-14/h5-8,15,17,22H,9-13H2,1-4H3,(H,20,23)/t15-,17?/m0/s1. The maximum Gasteiger partial charge on any atom is 0.407 e. The molecule has 2 N–H and O–H groups in total. The SMILES string of the molecule is COc1ccc(CN2CCC(C[C@@H](CO)NC(=O)OC(C)(C)C)S2(=O)=O)cc1. The molecule has 1 heterocycles. The van der Waals surface area contributed by atoms with Gasteiger partial charge in [-0.25, -0.2) is 13.2 Å². The molecule has 0 bridgehead atoms. The maximum atomic E-state index is 12.9. The van der Waals surface area contributed by atoms with E-state index in [-0.39, 0.29) is 19.6 Å². The van der Waals surface area contributed by atoms with Gasteiger partial charge in [0.25, 0.3) is 0 Å². The average molecular weight is 415 g/mol. The lowest BCUT2D eigenvalue weighted by Crippen LogP contribution is -2.43. The number of hydrogen-bond acceptors (Lipinski definition) is 6. The van der Waals surface area contributed by atoms with Crippen LogP contribution in [0.5, 0.6) is 5.75 Å². The number of sulfonamides is 1. The Morgan fingerprint density at radius 3 is 2.50 bits per heavy atom. The minimum atomic E-state index is -3.52. The van der Waals surface area contributed by atoms with Gasteiger partial charge in [-0.2, -0.15) is 4.31 Å². The van der Waals surface area contributed by atoms with E-state index in [0.717, 1.165) is 5.56 Å². The number of carbonyl (C=O) groups is 1. The van der Waals surface area contributed by atoms with Crippen molar-refractivity contribution < 1.29 is 27.8 Å². The second kappa shape index (κ2) is 9.11. The number of nitrogens with one attached hydrogen (secondary N) is 1. The third-order valence-electron chi connectivity index (χ3n) is 4.49. The quantitative estimate of drug-likeness (QED) is 0.706. The molecule has 0 aliphatic carbocycles. The molecule has 8 nitrogen and oxygen atoms in total. The number of carbonyl (C=O) groups excluding carboxylic acids is 1. The summed E-state index contributed by atoms with van der Waals surface area (Å²) < 4.78 is 37.5. The first kappa shape index (κ1) is 22.4. The lowest BCUT2D eigenvalue weighted by Gasteiger charge is -2.24. The van der Waals surface area contributed by atoms with Crippen molar-refractivity contribution in [1.82, 2.24) is 9.62 Å². The van der Waals surface area contributed by atoms with Gasteiger partial charge in [0.15, 0.2) is 0 Å². The molecule has 0 spiro atoms. The minimum absolute atomic E-state index is 0.136. The summed E-state index contributed by atoms with van der Waals surface area (Å²) in [7, 11) is -1.94. The lowest BCUT2D eigenvalue weighted by atomic mass is 10.1. The summed E-state index contributed by atoms with van der Waals surface area (Å²) in [5, 5.41) is 11.5. The van der Waals surface area contributed by atoms with Gasteiger partial charge in [-0.3, -0.25) is 0 Å². The molecule has 2 atom stereocenters. The first-order valence-electron chi connectivity index (χ1n) is 9.27. The van der Waals surface area contributed by atoms with E-state index < -0.39 is 33.0 Å². The van der Waals surface area contributed by atoms with Crippen LogP contribution < -0.4 is 10.1 Å². The number of amides is 1.